The number of methoxy groups -OCH3 is 1. The van der Waals surface area contributed by atoms with Crippen molar-refractivity contribution in [2.45, 2.75) is 51.6 Å². The molecule has 0 aromatic heterocycles. The molecule has 2 aromatic carbocycles. The predicted octanol–water partition coefficient (Wildman–Crippen LogP) is 5.57. The second kappa shape index (κ2) is 13.0. The van der Waals surface area contributed by atoms with Gasteiger partial charge in [0.1, 0.15) is 11.8 Å². The SMILES string of the molecule is CC[C@H](C)NC(=O)[C@@H](C)N(Cc1cccc(OC)c1)C(=O)CSCc1c(Cl)cccc1Cl. The minimum Gasteiger partial charge on any atom is -0.497 e. The van der Waals surface area contributed by atoms with Crippen LogP contribution in [0.2, 0.25) is 10.0 Å². The summed E-state index contributed by atoms with van der Waals surface area (Å²) in [7, 11) is 1.60. The largest absolute Gasteiger partial charge is 0.497 e. The Kier molecular flexibility index (Phi) is 10.7. The molecule has 0 heterocycles. The van der Waals surface area contributed by atoms with Crippen molar-refractivity contribution in [1.29, 1.82) is 0 Å². The number of amides is 2. The average molecular weight is 497 g/mol. The lowest BCUT2D eigenvalue weighted by Gasteiger charge is -2.29. The molecule has 5 nitrogen and oxygen atoms in total. The molecule has 0 spiro atoms. The Labute approximate surface area is 204 Å². The first kappa shape index (κ1) is 26.4. The normalized spacial score (nSPS) is 12.7. The summed E-state index contributed by atoms with van der Waals surface area (Å²) in [6, 6.07) is 12.3. The summed E-state index contributed by atoms with van der Waals surface area (Å²) in [4.78, 5) is 27.6. The van der Waals surface area contributed by atoms with E-state index in [0.29, 0.717) is 28.1 Å². The first-order valence-corrected chi connectivity index (χ1v) is 12.4. The van der Waals surface area contributed by atoms with E-state index in [4.69, 9.17) is 27.9 Å². The van der Waals surface area contributed by atoms with Gasteiger partial charge in [-0.05, 0) is 55.7 Å². The summed E-state index contributed by atoms with van der Waals surface area (Å²) in [5.41, 5.74) is 1.69. The van der Waals surface area contributed by atoms with Crippen molar-refractivity contribution in [3.8, 4) is 5.75 Å². The van der Waals surface area contributed by atoms with Crippen LogP contribution in [0.25, 0.3) is 0 Å². The number of rotatable bonds is 11. The molecular weight excluding hydrogens is 467 g/mol. The van der Waals surface area contributed by atoms with Crippen molar-refractivity contribution in [3.05, 3.63) is 63.6 Å². The van der Waals surface area contributed by atoms with Gasteiger partial charge in [-0.25, -0.2) is 0 Å². The average Bonchev–Trinajstić information content (AvgIpc) is 2.78. The van der Waals surface area contributed by atoms with Gasteiger partial charge in [0.15, 0.2) is 0 Å². The maximum atomic E-state index is 13.2. The highest BCUT2D eigenvalue weighted by atomic mass is 35.5. The fraction of sp³-hybridized carbons (Fsp3) is 0.417. The van der Waals surface area contributed by atoms with Gasteiger partial charge in [-0.3, -0.25) is 9.59 Å². The summed E-state index contributed by atoms with van der Waals surface area (Å²) in [5.74, 6) is 1.11. The number of hydrogen-bond acceptors (Lipinski definition) is 4. The molecule has 0 saturated heterocycles. The molecule has 0 aliphatic rings. The highest BCUT2D eigenvalue weighted by Crippen LogP contribution is 2.28. The third kappa shape index (κ3) is 7.61. The number of nitrogens with one attached hydrogen (secondary N) is 1. The number of nitrogens with zero attached hydrogens (tertiary/aromatic N) is 1. The number of thioether (sulfide) groups is 1. The first-order valence-electron chi connectivity index (χ1n) is 10.5. The van der Waals surface area contributed by atoms with Crippen LogP contribution in [0.4, 0.5) is 0 Å². The van der Waals surface area contributed by atoms with E-state index in [1.54, 1.807) is 37.1 Å². The van der Waals surface area contributed by atoms with Crippen LogP contribution in [-0.4, -0.2) is 41.7 Å². The van der Waals surface area contributed by atoms with Crippen LogP contribution in [0.15, 0.2) is 42.5 Å². The summed E-state index contributed by atoms with van der Waals surface area (Å²) >= 11 is 13.9. The molecule has 174 valence electrons. The monoisotopic (exact) mass is 496 g/mol. The Morgan fingerprint density at radius 3 is 2.41 bits per heavy atom. The molecule has 0 saturated carbocycles. The summed E-state index contributed by atoms with van der Waals surface area (Å²) < 4.78 is 5.30. The van der Waals surface area contributed by atoms with Gasteiger partial charge in [0, 0.05) is 28.4 Å². The maximum absolute atomic E-state index is 13.2. The highest BCUT2D eigenvalue weighted by Gasteiger charge is 2.27. The highest BCUT2D eigenvalue weighted by molar-refractivity contribution is 7.99. The number of carbonyl (C=O) groups excluding carboxylic acids is 2. The molecule has 0 aliphatic heterocycles. The van der Waals surface area contributed by atoms with Gasteiger partial charge in [0.05, 0.1) is 12.9 Å². The lowest BCUT2D eigenvalue weighted by atomic mass is 10.1. The lowest BCUT2D eigenvalue weighted by Crippen LogP contribution is -2.50. The second-order valence-corrected chi connectivity index (χ2v) is 9.36. The first-order chi connectivity index (χ1) is 15.3. The van der Waals surface area contributed by atoms with Gasteiger partial charge in [-0.2, -0.15) is 0 Å². The predicted molar refractivity (Wildman–Crippen MR) is 134 cm³/mol. The zero-order chi connectivity index (χ0) is 23.7. The van der Waals surface area contributed by atoms with Crippen molar-refractivity contribution in [3.63, 3.8) is 0 Å². The smallest absolute Gasteiger partial charge is 0.242 e. The maximum Gasteiger partial charge on any atom is 0.242 e. The van der Waals surface area contributed by atoms with Crippen LogP contribution in [0.1, 0.15) is 38.3 Å². The Morgan fingerprint density at radius 2 is 1.78 bits per heavy atom. The molecule has 2 aromatic rings. The van der Waals surface area contributed by atoms with E-state index in [2.05, 4.69) is 5.32 Å². The Morgan fingerprint density at radius 1 is 1.12 bits per heavy atom. The zero-order valence-corrected chi connectivity index (χ0v) is 21.2. The standard InChI is InChI=1S/C24H30Cl2N2O3S/c1-5-16(2)27-24(30)17(3)28(13-18-8-6-9-19(12-18)31-4)23(29)15-32-14-20-21(25)10-7-11-22(20)26/h6-12,16-17H,5,13-15H2,1-4H3,(H,27,30)/t16-,17+/m0/s1. The van der Waals surface area contributed by atoms with E-state index < -0.39 is 6.04 Å². The van der Waals surface area contributed by atoms with E-state index in [1.807, 2.05) is 38.1 Å². The Hall–Kier alpha value is -1.89. The number of carbonyl (C=O) groups is 2. The van der Waals surface area contributed by atoms with Gasteiger partial charge in [-0.1, -0.05) is 48.3 Å². The van der Waals surface area contributed by atoms with Crippen LogP contribution in [-0.2, 0) is 21.9 Å². The van der Waals surface area contributed by atoms with E-state index >= 15 is 0 Å². The molecule has 2 atom stereocenters. The summed E-state index contributed by atoms with van der Waals surface area (Å²) in [5, 5.41) is 4.12. The quantitative estimate of drug-likeness (QED) is 0.441. The molecule has 0 bridgehead atoms. The lowest BCUT2D eigenvalue weighted by molar-refractivity contribution is -0.138. The van der Waals surface area contributed by atoms with Crippen LogP contribution in [0, 0.1) is 0 Å². The third-order valence-corrected chi connectivity index (χ3v) is 6.84. The van der Waals surface area contributed by atoms with E-state index in [9.17, 15) is 9.59 Å². The molecule has 1 N–H and O–H groups in total. The molecule has 0 radical (unpaired) electrons. The molecule has 2 rings (SSSR count). The summed E-state index contributed by atoms with van der Waals surface area (Å²) in [6.45, 7) is 6.01. The van der Waals surface area contributed by atoms with Gasteiger partial charge >= 0.3 is 0 Å². The fourth-order valence-electron chi connectivity index (χ4n) is 3.01. The number of hydrogen-bond donors (Lipinski definition) is 1. The fourth-order valence-corrected chi connectivity index (χ4v) is 4.66. The van der Waals surface area contributed by atoms with Crippen molar-refractivity contribution < 1.29 is 14.3 Å². The zero-order valence-electron chi connectivity index (χ0n) is 18.9. The third-order valence-electron chi connectivity index (χ3n) is 5.19. The number of ether oxygens (including phenoxy) is 1. The van der Waals surface area contributed by atoms with Gasteiger partial charge < -0.3 is 15.0 Å². The molecular formula is C24H30Cl2N2O3S. The van der Waals surface area contributed by atoms with Gasteiger partial charge in [0.2, 0.25) is 11.8 Å². The van der Waals surface area contributed by atoms with Crippen molar-refractivity contribution in [2.24, 2.45) is 0 Å². The van der Waals surface area contributed by atoms with Gasteiger partial charge in [0.25, 0.3) is 0 Å². The number of benzene rings is 2. The molecule has 0 aliphatic carbocycles. The topological polar surface area (TPSA) is 58.6 Å². The van der Waals surface area contributed by atoms with E-state index in [0.717, 1.165) is 17.5 Å². The van der Waals surface area contributed by atoms with Crippen LogP contribution >= 0.6 is 35.0 Å². The molecule has 0 fully saturated rings. The van der Waals surface area contributed by atoms with Gasteiger partial charge in [-0.15, -0.1) is 11.8 Å². The van der Waals surface area contributed by atoms with E-state index in [1.165, 1.54) is 11.8 Å². The minimum atomic E-state index is -0.618. The molecule has 32 heavy (non-hydrogen) atoms. The minimum absolute atomic E-state index is 0.0375. The Bertz CT molecular complexity index is 906. The van der Waals surface area contributed by atoms with Crippen LogP contribution in [0.3, 0.4) is 0 Å². The second-order valence-electron chi connectivity index (χ2n) is 7.56. The van der Waals surface area contributed by atoms with Crippen LogP contribution in [0.5, 0.6) is 5.75 Å². The van der Waals surface area contributed by atoms with Crippen LogP contribution < -0.4 is 10.1 Å². The Balaban J connectivity index is 2.14. The number of halogens is 2. The van der Waals surface area contributed by atoms with Crippen molar-refractivity contribution >= 4 is 46.8 Å². The summed E-state index contributed by atoms with van der Waals surface area (Å²) in [6.07, 6.45) is 0.816. The molecule has 8 heteroatoms. The molecule has 2 amide bonds. The van der Waals surface area contributed by atoms with Crippen molar-refractivity contribution in [2.75, 3.05) is 12.9 Å². The van der Waals surface area contributed by atoms with Crippen molar-refractivity contribution in [1.82, 2.24) is 10.2 Å². The van der Waals surface area contributed by atoms with E-state index in [-0.39, 0.29) is 23.6 Å². The molecule has 0 unspecified atom stereocenters.